The molecule has 2 heterocycles. The molecule has 104 valence electrons. The van der Waals surface area contributed by atoms with Gasteiger partial charge in [-0.2, -0.15) is 0 Å². The van der Waals surface area contributed by atoms with Crippen molar-refractivity contribution in [1.82, 2.24) is 15.0 Å². The van der Waals surface area contributed by atoms with Crippen molar-refractivity contribution in [3.63, 3.8) is 0 Å². The Morgan fingerprint density at radius 2 is 2.15 bits per heavy atom. The third-order valence-electron chi connectivity index (χ3n) is 3.14. The van der Waals surface area contributed by atoms with E-state index in [4.69, 9.17) is 4.42 Å². The molecule has 3 rings (SSSR count). The zero-order valence-corrected chi connectivity index (χ0v) is 11.9. The molecule has 0 unspecified atom stereocenters. The van der Waals surface area contributed by atoms with E-state index in [-0.39, 0.29) is 5.41 Å². The first-order chi connectivity index (χ1) is 9.52. The normalized spacial score (nSPS) is 11.9. The maximum absolute atomic E-state index is 5.20. The lowest BCUT2D eigenvalue weighted by Crippen LogP contribution is -2.12. The van der Waals surface area contributed by atoms with Crippen molar-refractivity contribution in [1.29, 1.82) is 0 Å². The van der Waals surface area contributed by atoms with E-state index < -0.39 is 0 Å². The lowest BCUT2D eigenvalue weighted by atomic mass is 9.96. The highest BCUT2D eigenvalue weighted by atomic mass is 16.3. The second kappa shape index (κ2) is 4.67. The highest BCUT2D eigenvalue weighted by molar-refractivity contribution is 5.79. The summed E-state index contributed by atoms with van der Waals surface area (Å²) < 4.78 is 5.20. The van der Waals surface area contributed by atoms with Gasteiger partial charge in [0, 0.05) is 11.1 Å². The van der Waals surface area contributed by atoms with Crippen LogP contribution in [0.25, 0.3) is 11.0 Å². The summed E-state index contributed by atoms with van der Waals surface area (Å²) in [7, 11) is 0. The minimum Gasteiger partial charge on any atom is -0.447 e. The Hall–Kier alpha value is -2.30. The van der Waals surface area contributed by atoms with Gasteiger partial charge in [-0.25, -0.2) is 9.97 Å². The fourth-order valence-electron chi connectivity index (χ4n) is 1.99. The Kier molecular flexibility index (Phi) is 2.97. The van der Waals surface area contributed by atoms with Gasteiger partial charge in [0.2, 0.25) is 0 Å². The maximum atomic E-state index is 5.20. The van der Waals surface area contributed by atoms with Crippen LogP contribution in [-0.4, -0.2) is 15.0 Å². The van der Waals surface area contributed by atoms with Crippen LogP contribution in [0.3, 0.4) is 0 Å². The average molecular weight is 270 g/mol. The summed E-state index contributed by atoms with van der Waals surface area (Å²) >= 11 is 0. The molecule has 5 heteroatoms. The van der Waals surface area contributed by atoms with Crippen LogP contribution in [-0.2, 0) is 12.0 Å². The van der Waals surface area contributed by atoms with E-state index >= 15 is 0 Å². The maximum Gasteiger partial charge on any atom is 0.180 e. The van der Waals surface area contributed by atoms with Gasteiger partial charge in [0.05, 0.1) is 23.8 Å². The Balaban J connectivity index is 1.83. The standard InChI is InChI=1S/C15H18N4O/c1-15(2,3)14-18-12-5-4-10(6-13(12)19-14)17-8-11-7-16-9-20-11/h4-7,9,17H,8H2,1-3H3,(H,18,19). The second-order valence-corrected chi connectivity index (χ2v) is 5.89. The molecule has 0 bridgehead atoms. The van der Waals surface area contributed by atoms with Crippen molar-refractivity contribution < 1.29 is 4.42 Å². The van der Waals surface area contributed by atoms with Crippen molar-refractivity contribution in [3.8, 4) is 0 Å². The molecule has 0 atom stereocenters. The lowest BCUT2D eigenvalue weighted by molar-refractivity contribution is 0.512. The van der Waals surface area contributed by atoms with Gasteiger partial charge >= 0.3 is 0 Å². The second-order valence-electron chi connectivity index (χ2n) is 5.89. The first-order valence-electron chi connectivity index (χ1n) is 6.64. The number of aromatic amines is 1. The summed E-state index contributed by atoms with van der Waals surface area (Å²) in [5.74, 6) is 1.81. The molecule has 0 spiro atoms. The van der Waals surface area contributed by atoms with Crippen molar-refractivity contribution in [2.24, 2.45) is 0 Å². The first kappa shape index (κ1) is 12.7. The summed E-state index contributed by atoms with van der Waals surface area (Å²) in [5.41, 5.74) is 3.07. The zero-order chi connectivity index (χ0) is 14.2. The van der Waals surface area contributed by atoms with E-state index in [0.717, 1.165) is 28.3 Å². The summed E-state index contributed by atoms with van der Waals surface area (Å²) in [4.78, 5) is 11.9. The largest absolute Gasteiger partial charge is 0.447 e. The van der Waals surface area contributed by atoms with Gasteiger partial charge in [-0.3, -0.25) is 0 Å². The first-order valence-corrected chi connectivity index (χ1v) is 6.64. The highest BCUT2D eigenvalue weighted by Gasteiger charge is 2.18. The van der Waals surface area contributed by atoms with Crippen molar-refractivity contribution in [2.75, 3.05) is 5.32 Å². The number of aromatic nitrogens is 3. The summed E-state index contributed by atoms with van der Waals surface area (Å²) in [5, 5.41) is 3.31. The number of nitrogens with zero attached hydrogens (tertiary/aromatic N) is 2. The van der Waals surface area contributed by atoms with E-state index in [2.05, 4.69) is 47.1 Å². The number of H-pyrrole nitrogens is 1. The van der Waals surface area contributed by atoms with E-state index in [9.17, 15) is 0 Å². The minimum atomic E-state index is 0.0203. The Bertz CT molecular complexity index is 707. The minimum absolute atomic E-state index is 0.0203. The molecule has 2 N–H and O–H groups in total. The molecule has 0 amide bonds. The Morgan fingerprint density at radius 1 is 1.30 bits per heavy atom. The van der Waals surface area contributed by atoms with Gasteiger partial charge < -0.3 is 14.7 Å². The van der Waals surface area contributed by atoms with Crippen LogP contribution in [0.4, 0.5) is 5.69 Å². The molecule has 20 heavy (non-hydrogen) atoms. The summed E-state index contributed by atoms with van der Waals surface area (Å²) in [6.07, 6.45) is 3.14. The van der Waals surface area contributed by atoms with Crippen LogP contribution in [0, 0.1) is 0 Å². The fourth-order valence-corrected chi connectivity index (χ4v) is 1.99. The average Bonchev–Trinajstić information content (AvgIpc) is 3.04. The predicted molar refractivity (Wildman–Crippen MR) is 78.6 cm³/mol. The number of fused-ring (bicyclic) bond motifs is 1. The lowest BCUT2D eigenvalue weighted by Gasteiger charge is -2.13. The number of hydrogen-bond acceptors (Lipinski definition) is 4. The van der Waals surface area contributed by atoms with Crippen molar-refractivity contribution in [3.05, 3.63) is 42.4 Å². The van der Waals surface area contributed by atoms with Crippen molar-refractivity contribution in [2.45, 2.75) is 32.7 Å². The van der Waals surface area contributed by atoms with Crippen LogP contribution < -0.4 is 5.32 Å². The Labute approximate surface area is 117 Å². The number of imidazole rings is 1. The summed E-state index contributed by atoms with van der Waals surface area (Å²) in [6, 6.07) is 6.10. The number of benzene rings is 1. The van der Waals surface area contributed by atoms with Gasteiger partial charge in [0.1, 0.15) is 11.6 Å². The van der Waals surface area contributed by atoms with E-state index in [1.54, 1.807) is 6.20 Å². The Morgan fingerprint density at radius 3 is 2.85 bits per heavy atom. The molecule has 0 aliphatic heterocycles. The van der Waals surface area contributed by atoms with Crippen LogP contribution in [0.2, 0.25) is 0 Å². The topological polar surface area (TPSA) is 66.7 Å². The number of nitrogens with one attached hydrogen (secondary N) is 2. The molecular weight excluding hydrogens is 252 g/mol. The van der Waals surface area contributed by atoms with Gasteiger partial charge in [-0.1, -0.05) is 20.8 Å². The van der Waals surface area contributed by atoms with Crippen LogP contribution in [0.1, 0.15) is 32.4 Å². The predicted octanol–water partition coefficient (Wildman–Crippen LogP) is 3.46. The number of anilines is 1. The molecule has 0 fully saturated rings. The number of hydrogen-bond donors (Lipinski definition) is 2. The van der Waals surface area contributed by atoms with Crippen LogP contribution in [0.15, 0.2) is 35.2 Å². The van der Waals surface area contributed by atoms with E-state index in [0.29, 0.717) is 6.54 Å². The zero-order valence-electron chi connectivity index (χ0n) is 11.9. The molecule has 0 radical (unpaired) electrons. The third kappa shape index (κ3) is 2.52. The van der Waals surface area contributed by atoms with E-state index in [1.165, 1.54) is 6.39 Å². The number of rotatable bonds is 3. The van der Waals surface area contributed by atoms with Gasteiger partial charge in [-0.05, 0) is 18.2 Å². The SMILES string of the molecule is CC(C)(C)c1nc2ccc(NCc3cnco3)cc2[nH]1. The third-order valence-corrected chi connectivity index (χ3v) is 3.14. The monoisotopic (exact) mass is 270 g/mol. The van der Waals surface area contributed by atoms with Crippen LogP contribution >= 0.6 is 0 Å². The molecule has 1 aromatic carbocycles. The van der Waals surface area contributed by atoms with Gasteiger partial charge in [-0.15, -0.1) is 0 Å². The fraction of sp³-hybridized carbons (Fsp3) is 0.333. The molecule has 2 aromatic heterocycles. The van der Waals surface area contributed by atoms with E-state index in [1.807, 2.05) is 12.1 Å². The smallest absolute Gasteiger partial charge is 0.180 e. The summed E-state index contributed by atoms with van der Waals surface area (Å²) in [6.45, 7) is 7.06. The molecule has 5 nitrogen and oxygen atoms in total. The number of oxazole rings is 1. The quantitative estimate of drug-likeness (QED) is 0.765. The molecule has 0 saturated heterocycles. The molecule has 0 aliphatic rings. The highest BCUT2D eigenvalue weighted by Crippen LogP contribution is 2.24. The van der Waals surface area contributed by atoms with Crippen molar-refractivity contribution >= 4 is 16.7 Å². The van der Waals surface area contributed by atoms with Gasteiger partial charge in [0.25, 0.3) is 0 Å². The molecule has 3 aromatic rings. The van der Waals surface area contributed by atoms with Crippen LogP contribution in [0.5, 0.6) is 0 Å². The van der Waals surface area contributed by atoms with Gasteiger partial charge in [0.15, 0.2) is 6.39 Å². The molecule has 0 aliphatic carbocycles. The molecular formula is C15H18N4O. The molecule has 0 saturated carbocycles.